The molecule has 1 amide bonds. The van der Waals surface area contributed by atoms with E-state index >= 15 is 0 Å². The summed E-state index contributed by atoms with van der Waals surface area (Å²) in [6.45, 7) is -0.329. The molecule has 8 heteroatoms. The third-order valence-corrected chi connectivity index (χ3v) is 5.67. The third-order valence-electron chi connectivity index (χ3n) is 5.67. The molecule has 1 saturated heterocycles. The van der Waals surface area contributed by atoms with Gasteiger partial charge in [-0.1, -0.05) is 37.5 Å². The lowest BCUT2D eigenvalue weighted by Crippen LogP contribution is -2.23. The van der Waals surface area contributed by atoms with E-state index in [4.69, 9.17) is 4.74 Å². The van der Waals surface area contributed by atoms with Crippen LogP contribution in [0.25, 0.3) is 11.1 Å². The van der Waals surface area contributed by atoms with Gasteiger partial charge in [-0.05, 0) is 25.0 Å². The summed E-state index contributed by atoms with van der Waals surface area (Å²) in [7, 11) is 1.82. The fourth-order valence-corrected chi connectivity index (χ4v) is 3.99. The average molecular weight is 435 g/mol. The van der Waals surface area contributed by atoms with Crippen LogP contribution in [0.2, 0.25) is 0 Å². The fraction of sp³-hybridized carbons (Fsp3) is 0.478. The van der Waals surface area contributed by atoms with E-state index in [1.807, 2.05) is 7.11 Å². The van der Waals surface area contributed by atoms with Crippen molar-refractivity contribution in [3.63, 3.8) is 0 Å². The zero-order chi connectivity index (χ0) is 22.2. The Morgan fingerprint density at radius 2 is 1.74 bits per heavy atom. The van der Waals surface area contributed by atoms with Gasteiger partial charge in [-0.15, -0.1) is 0 Å². The molecule has 31 heavy (non-hydrogen) atoms. The van der Waals surface area contributed by atoms with Gasteiger partial charge in [0.25, 0.3) is 0 Å². The van der Waals surface area contributed by atoms with Gasteiger partial charge in [-0.2, -0.15) is 0 Å². The molecule has 1 saturated carbocycles. The van der Waals surface area contributed by atoms with Gasteiger partial charge in [0, 0.05) is 24.4 Å². The van der Waals surface area contributed by atoms with Crippen LogP contribution in [0, 0.1) is 5.82 Å². The van der Waals surface area contributed by atoms with Gasteiger partial charge in [-0.3, -0.25) is 4.79 Å². The lowest BCUT2D eigenvalue weighted by Gasteiger charge is -2.21. The van der Waals surface area contributed by atoms with Gasteiger partial charge < -0.3 is 15.0 Å². The van der Waals surface area contributed by atoms with E-state index < -0.39 is 18.2 Å². The van der Waals surface area contributed by atoms with Gasteiger partial charge in [0.05, 0.1) is 24.9 Å². The molecule has 2 heterocycles. The maximum absolute atomic E-state index is 14.1. The zero-order valence-electron chi connectivity index (χ0n) is 17.6. The number of hydrogen-bond acceptors (Lipinski definition) is 4. The number of halogens is 3. The van der Waals surface area contributed by atoms with E-state index in [2.05, 4.69) is 10.3 Å². The van der Waals surface area contributed by atoms with Crippen molar-refractivity contribution in [2.75, 3.05) is 30.4 Å². The first-order valence-electron chi connectivity index (χ1n) is 10.5. The number of nitrogens with one attached hydrogen (secondary N) is 1. The molecule has 1 aromatic heterocycles. The van der Waals surface area contributed by atoms with E-state index in [1.54, 1.807) is 24.3 Å². The number of alkyl halides is 2. The average Bonchev–Trinajstić information content (AvgIpc) is 3.13. The highest BCUT2D eigenvalue weighted by molar-refractivity contribution is 5.92. The Kier molecular flexibility index (Phi) is 8.28. The molecule has 1 N–H and O–H groups in total. The van der Waals surface area contributed by atoms with Gasteiger partial charge in [0.15, 0.2) is 18.2 Å². The second kappa shape index (κ2) is 11.1. The highest BCUT2D eigenvalue weighted by atomic mass is 19.2. The Bertz CT molecular complexity index is 852. The quantitative estimate of drug-likeness (QED) is 0.678. The van der Waals surface area contributed by atoms with E-state index in [0.29, 0.717) is 18.1 Å². The molecule has 2 aliphatic rings. The Balaban J connectivity index is 0.000000287. The van der Waals surface area contributed by atoms with Crippen LogP contribution >= 0.6 is 0 Å². The van der Waals surface area contributed by atoms with Crippen molar-refractivity contribution in [2.45, 2.75) is 50.6 Å². The molecule has 168 valence electrons. The molecule has 5 nitrogen and oxygen atoms in total. The van der Waals surface area contributed by atoms with Crippen LogP contribution in [0.1, 0.15) is 32.1 Å². The van der Waals surface area contributed by atoms with Gasteiger partial charge >= 0.3 is 0 Å². The number of amides is 1. The Labute approximate surface area is 180 Å². The van der Waals surface area contributed by atoms with Gasteiger partial charge in [0.1, 0.15) is 5.82 Å². The number of carbonyl (C=O) groups is 1. The predicted octanol–water partition coefficient (Wildman–Crippen LogP) is 4.92. The number of hydrogen-bond donors (Lipinski definition) is 1. The molecule has 2 aromatic rings. The minimum Gasteiger partial charge on any atom is -0.381 e. The number of pyridine rings is 1. The first-order valence-corrected chi connectivity index (χ1v) is 10.5. The SMILES string of the molecule is COC1CCCCC1.O=CNc1c(-c2ccccc2F)ccnc1N1CC(F)C(F)C1. The first-order chi connectivity index (χ1) is 15.0. The largest absolute Gasteiger partial charge is 0.381 e. The number of anilines is 2. The summed E-state index contributed by atoms with van der Waals surface area (Å²) < 4.78 is 46.2. The minimum absolute atomic E-state index is 0.164. The maximum atomic E-state index is 14.1. The van der Waals surface area contributed by atoms with E-state index in [-0.39, 0.29) is 30.2 Å². The van der Waals surface area contributed by atoms with Gasteiger partial charge in [0.2, 0.25) is 6.41 Å². The van der Waals surface area contributed by atoms with Crippen molar-refractivity contribution in [1.82, 2.24) is 4.98 Å². The molecule has 1 aliphatic heterocycles. The topological polar surface area (TPSA) is 54.5 Å². The summed E-state index contributed by atoms with van der Waals surface area (Å²) in [5, 5.41) is 2.48. The molecule has 0 spiro atoms. The zero-order valence-corrected chi connectivity index (χ0v) is 17.6. The molecule has 1 aromatic carbocycles. The van der Waals surface area contributed by atoms with E-state index in [1.165, 1.54) is 49.3 Å². The van der Waals surface area contributed by atoms with Crippen LogP contribution in [-0.4, -0.2) is 50.0 Å². The van der Waals surface area contributed by atoms with E-state index in [9.17, 15) is 18.0 Å². The summed E-state index contributed by atoms with van der Waals surface area (Å²) in [4.78, 5) is 16.5. The van der Waals surface area contributed by atoms with Crippen LogP contribution in [0.15, 0.2) is 36.5 Å². The minimum atomic E-state index is -1.61. The Morgan fingerprint density at radius 3 is 2.32 bits per heavy atom. The molecule has 0 bridgehead atoms. The summed E-state index contributed by atoms with van der Waals surface area (Å²) in [5.74, 6) is -0.243. The molecule has 0 radical (unpaired) electrons. The lowest BCUT2D eigenvalue weighted by molar-refractivity contribution is -0.105. The first kappa shape index (κ1) is 23.1. The number of benzene rings is 1. The second-order valence-electron chi connectivity index (χ2n) is 7.73. The number of rotatable bonds is 5. The van der Waals surface area contributed by atoms with Crippen LogP contribution in [-0.2, 0) is 9.53 Å². The molecule has 2 atom stereocenters. The summed E-state index contributed by atoms with van der Waals surface area (Å²) in [5.41, 5.74) is 0.903. The number of methoxy groups -OCH3 is 1. The molecular formula is C23H28F3N3O2. The van der Waals surface area contributed by atoms with Crippen LogP contribution in [0.5, 0.6) is 0 Å². The van der Waals surface area contributed by atoms with Crippen molar-refractivity contribution in [3.05, 3.63) is 42.3 Å². The monoisotopic (exact) mass is 435 g/mol. The van der Waals surface area contributed by atoms with Crippen molar-refractivity contribution in [2.24, 2.45) is 0 Å². The number of ether oxygens (including phenoxy) is 1. The van der Waals surface area contributed by atoms with Gasteiger partial charge in [-0.25, -0.2) is 18.2 Å². The second-order valence-corrected chi connectivity index (χ2v) is 7.73. The smallest absolute Gasteiger partial charge is 0.211 e. The third kappa shape index (κ3) is 5.76. The Morgan fingerprint density at radius 1 is 1.06 bits per heavy atom. The fourth-order valence-electron chi connectivity index (χ4n) is 3.99. The molecular weight excluding hydrogens is 407 g/mol. The summed E-state index contributed by atoms with van der Waals surface area (Å²) in [6, 6.07) is 7.61. The molecule has 2 unspecified atom stereocenters. The van der Waals surface area contributed by atoms with Crippen molar-refractivity contribution >= 4 is 17.9 Å². The highest BCUT2D eigenvalue weighted by Gasteiger charge is 2.35. The maximum Gasteiger partial charge on any atom is 0.211 e. The number of aromatic nitrogens is 1. The van der Waals surface area contributed by atoms with Crippen LogP contribution in [0.4, 0.5) is 24.7 Å². The van der Waals surface area contributed by atoms with Crippen molar-refractivity contribution in [3.8, 4) is 11.1 Å². The van der Waals surface area contributed by atoms with Crippen molar-refractivity contribution in [1.29, 1.82) is 0 Å². The van der Waals surface area contributed by atoms with Crippen LogP contribution < -0.4 is 10.2 Å². The van der Waals surface area contributed by atoms with Crippen molar-refractivity contribution < 1.29 is 22.7 Å². The highest BCUT2D eigenvalue weighted by Crippen LogP contribution is 2.37. The predicted molar refractivity (Wildman–Crippen MR) is 115 cm³/mol. The molecule has 4 rings (SSSR count). The number of nitrogens with zero attached hydrogens (tertiary/aromatic N) is 2. The lowest BCUT2D eigenvalue weighted by atomic mass is 9.98. The summed E-state index contributed by atoms with van der Waals surface area (Å²) >= 11 is 0. The Hall–Kier alpha value is -2.61. The molecule has 2 fully saturated rings. The van der Waals surface area contributed by atoms with E-state index in [0.717, 1.165) is 0 Å². The standard InChI is InChI=1S/C16H14F3N3O.C7H14O/c17-12-4-2-1-3-10(12)11-5-6-20-16(15(11)21-9-23)22-7-13(18)14(19)8-22;1-8-7-5-3-2-4-6-7/h1-6,9,13-14H,7-8H2,(H,21,23);7H,2-6H2,1H3. The van der Waals surface area contributed by atoms with Crippen LogP contribution in [0.3, 0.4) is 0 Å². The molecule has 1 aliphatic carbocycles. The normalized spacial score (nSPS) is 21.4. The summed E-state index contributed by atoms with van der Waals surface area (Å²) in [6.07, 6.45) is 5.95. The number of carbonyl (C=O) groups excluding carboxylic acids is 1.